The van der Waals surface area contributed by atoms with Crippen LogP contribution in [0, 0.1) is 20.2 Å². The van der Waals surface area contributed by atoms with E-state index >= 15 is 0 Å². The number of non-ortho nitro benzene ring substituents is 2. The number of carboxylic acids is 2. The molecule has 0 unspecified atom stereocenters. The fourth-order valence-corrected chi connectivity index (χ4v) is 5.91. The van der Waals surface area contributed by atoms with Gasteiger partial charge in [-0.05, 0) is 115 Å². The second kappa shape index (κ2) is 33.7. The molecular weight excluding hydrogens is 688 g/mol. The molecule has 12 nitrogen and oxygen atoms in total. The van der Waals surface area contributed by atoms with Crippen LogP contribution in [-0.2, 0) is 22.4 Å². The van der Waals surface area contributed by atoms with Crippen LogP contribution in [0.2, 0.25) is 0 Å². The number of hydrogen-bond acceptors (Lipinski definition) is 8. The summed E-state index contributed by atoms with van der Waals surface area (Å²) in [6.07, 6.45) is 22.4. The molecule has 2 N–H and O–H groups in total. The van der Waals surface area contributed by atoms with Crippen molar-refractivity contribution >= 4 is 23.3 Å². The normalized spacial score (nSPS) is 10.7. The van der Waals surface area contributed by atoms with E-state index in [1.165, 1.54) is 140 Å². The highest BCUT2D eigenvalue weighted by molar-refractivity contribution is 6.27. The van der Waals surface area contributed by atoms with Gasteiger partial charge in [-0.1, -0.05) is 103 Å². The molecule has 0 aliphatic rings. The molecule has 2 aromatic rings. The summed E-state index contributed by atoms with van der Waals surface area (Å²) < 4.78 is 0. The quantitative estimate of drug-likeness (QED) is 0.0369. The van der Waals surface area contributed by atoms with E-state index in [0.717, 1.165) is 25.7 Å². The van der Waals surface area contributed by atoms with Gasteiger partial charge in [0, 0.05) is 24.3 Å². The molecule has 54 heavy (non-hydrogen) atoms. The maximum Gasteiger partial charge on any atom is 0.414 e. The number of unbranched alkanes of at least 4 members (excludes halogenated alkanes) is 10. The molecule has 306 valence electrons. The Hall–Kier alpha value is -3.90. The van der Waals surface area contributed by atoms with Gasteiger partial charge in [-0.2, -0.15) is 0 Å². The zero-order valence-corrected chi connectivity index (χ0v) is 33.7. The number of benzene rings is 2. The summed E-state index contributed by atoms with van der Waals surface area (Å²) in [5, 5.41) is 36.1. The molecule has 0 bridgehead atoms. The fraction of sp³-hybridized carbons (Fsp3) is 0.667. The lowest BCUT2D eigenvalue weighted by atomic mass is 10.1. The molecule has 0 radical (unpaired) electrons. The predicted octanol–water partition coefficient (Wildman–Crippen LogP) is 10.4. The zero-order chi connectivity index (χ0) is 40.4. The van der Waals surface area contributed by atoms with Crippen LogP contribution in [0.4, 0.5) is 11.4 Å². The summed E-state index contributed by atoms with van der Waals surface area (Å²) in [6, 6.07) is 14.0. The second-order valence-corrected chi connectivity index (χ2v) is 13.9. The summed E-state index contributed by atoms with van der Waals surface area (Å²) in [6.45, 7) is 16.3. The van der Waals surface area contributed by atoms with Gasteiger partial charge in [0.25, 0.3) is 11.4 Å². The van der Waals surface area contributed by atoms with Gasteiger partial charge in [-0.3, -0.25) is 20.2 Å². The number of nitro benzene ring substituents is 2. The Morgan fingerprint density at radius 3 is 0.907 bits per heavy atom. The van der Waals surface area contributed by atoms with Crippen molar-refractivity contribution in [3.05, 3.63) is 79.9 Å². The van der Waals surface area contributed by atoms with Crippen LogP contribution in [-0.4, -0.2) is 81.1 Å². The maximum atomic E-state index is 10.7. The maximum absolute atomic E-state index is 10.7. The average molecular weight is 759 g/mol. The molecular formula is C42H70N4O8. The van der Waals surface area contributed by atoms with E-state index in [1.54, 1.807) is 24.3 Å². The van der Waals surface area contributed by atoms with Crippen molar-refractivity contribution in [3.63, 3.8) is 0 Å². The minimum absolute atomic E-state index is 0.178. The van der Waals surface area contributed by atoms with Crippen LogP contribution < -0.4 is 0 Å². The van der Waals surface area contributed by atoms with E-state index in [1.807, 2.05) is 24.3 Å². The third-order valence-corrected chi connectivity index (χ3v) is 9.17. The molecule has 0 fully saturated rings. The first kappa shape index (κ1) is 50.1. The number of nitrogens with zero attached hydrogens (tertiary/aromatic N) is 4. The summed E-state index contributed by atoms with van der Waals surface area (Å²) in [5.41, 5.74) is 2.75. The van der Waals surface area contributed by atoms with Crippen molar-refractivity contribution in [2.24, 2.45) is 0 Å². The Balaban J connectivity index is 0.000000903. The molecule has 0 spiro atoms. The molecule has 0 aromatic heterocycles. The smallest absolute Gasteiger partial charge is 0.414 e. The number of carboxylic acid groups (broad SMARTS) is 2. The van der Waals surface area contributed by atoms with Gasteiger partial charge in [0.2, 0.25) is 0 Å². The van der Waals surface area contributed by atoms with Crippen LogP contribution >= 0.6 is 0 Å². The van der Waals surface area contributed by atoms with Crippen LogP contribution in [0.3, 0.4) is 0 Å². The molecule has 0 saturated heterocycles. The largest absolute Gasteiger partial charge is 0.473 e. The second-order valence-electron chi connectivity index (χ2n) is 13.9. The minimum Gasteiger partial charge on any atom is -0.473 e. The van der Waals surface area contributed by atoms with Crippen molar-refractivity contribution in [3.8, 4) is 0 Å². The highest BCUT2D eigenvalue weighted by Gasteiger charge is 2.08. The van der Waals surface area contributed by atoms with Crippen molar-refractivity contribution in [2.75, 3.05) is 39.3 Å². The Labute approximate surface area is 324 Å². The highest BCUT2D eigenvalue weighted by atomic mass is 16.6. The van der Waals surface area contributed by atoms with Crippen molar-refractivity contribution in [1.29, 1.82) is 0 Å². The Kier molecular flexibility index (Phi) is 31.2. The number of carbonyl (C=O) groups is 2. The first-order valence-electron chi connectivity index (χ1n) is 20.4. The molecule has 2 aromatic carbocycles. The lowest BCUT2D eigenvalue weighted by Gasteiger charge is -2.22. The molecule has 0 amide bonds. The Morgan fingerprint density at radius 1 is 0.463 bits per heavy atom. The van der Waals surface area contributed by atoms with Crippen LogP contribution in [0.1, 0.15) is 142 Å². The third kappa shape index (κ3) is 27.7. The van der Waals surface area contributed by atoms with Crippen LogP contribution in [0.15, 0.2) is 48.5 Å². The SMILES string of the molecule is CCCCCN(CCCCC)CCCCc1ccc([N+](=O)[O-])cc1.CCCCCN(CCCCC)CCCCc1ccc([N+](=O)[O-])cc1.O=C(O)C(=O)O. The van der Waals surface area contributed by atoms with Gasteiger partial charge in [-0.25, -0.2) is 9.59 Å². The molecule has 0 saturated carbocycles. The summed E-state index contributed by atoms with van der Waals surface area (Å²) >= 11 is 0. The lowest BCUT2D eigenvalue weighted by Crippen LogP contribution is -2.27. The van der Waals surface area contributed by atoms with Gasteiger partial charge in [-0.15, -0.1) is 0 Å². The third-order valence-electron chi connectivity index (χ3n) is 9.17. The molecule has 0 heterocycles. The molecule has 12 heteroatoms. The first-order valence-corrected chi connectivity index (χ1v) is 20.4. The summed E-state index contributed by atoms with van der Waals surface area (Å²) in [5.74, 6) is -3.65. The number of rotatable bonds is 28. The number of nitro groups is 2. The minimum atomic E-state index is -1.82. The van der Waals surface area contributed by atoms with Crippen LogP contribution in [0.25, 0.3) is 0 Å². The van der Waals surface area contributed by atoms with Gasteiger partial charge < -0.3 is 20.0 Å². The number of aryl methyl sites for hydroxylation is 2. The van der Waals surface area contributed by atoms with Crippen LogP contribution in [0.5, 0.6) is 0 Å². The van der Waals surface area contributed by atoms with Crippen molar-refractivity contribution < 1.29 is 29.6 Å². The molecule has 2 rings (SSSR count). The van der Waals surface area contributed by atoms with Gasteiger partial charge in [0.05, 0.1) is 9.85 Å². The number of aliphatic carboxylic acids is 2. The van der Waals surface area contributed by atoms with Gasteiger partial charge in [0.1, 0.15) is 0 Å². The molecule has 0 atom stereocenters. The van der Waals surface area contributed by atoms with E-state index in [4.69, 9.17) is 19.8 Å². The Morgan fingerprint density at radius 2 is 0.704 bits per heavy atom. The van der Waals surface area contributed by atoms with E-state index < -0.39 is 11.9 Å². The van der Waals surface area contributed by atoms with E-state index in [2.05, 4.69) is 37.5 Å². The first-order chi connectivity index (χ1) is 26.0. The lowest BCUT2D eigenvalue weighted by molar-refractivity contribution is -0.385. The number of hydrogen-bond donors (Lipinski definition) is 2. The predicted molar refractivity (Wildman–Crippen MR) is 218 cm³/mol. The van der Waals surface area contributed by atoms with Crippen molar-refractivity contribution in [1.82, 2.24) is 9.80 Å². The average Bonchev–Trinajstić information content (AvgIpc) is 3.15. The van der Waals surface area contributed by atoms with Gasteiger partial charge >= 0.3 is 11.9 Å². The Bertz CT molecular complexity index is 1140. The summed E-state index contributed by atoms with van der Waals surface area (Å²) in [4.78, 5) is 44.1. The monoisotopic (exact) mass is 759 g/mol. The van der Waals surface area contributed by atoms with E-state index in [-0.39, 0.29) is 21.2 Å². The topological polar surface area (TPSA) is 167 Å². The van der Waals surface area contributed by atoms with Crippen molar-refractivity contribution in [2.45, 2.75) is 143 Å². The summed E-state index contributed by atoms with van der Waals surface area (Å²) in [7, 11) is 0. The van der Waals surface area contributed by atoms with E-state index in [9.17, 15) is 20.2 Å². The zero-order valence-electron chi connectivity index (χ0n) is 33.7. The van der Waals surface area contributed by atoms with Gasteiger partial charge in [0.15, 0.2) is 0 Å². The van der Waals surface area contributed by atoms with E-state index in [0.29, 0.717) is 0 Å². The fourth-order valence-electron chi connectivity index (χ4n) is 5.91. The standard InChI is InChI=1S/2C20H34N2O2.C2H2O4/c2*1-3-5-8-16-21(17-9-6-4-2)18-10-7-11-19-12-14-20(15-13-19)22(23)24;3-1(4)2(5)6/h2*12-15H,3-11,16-18H2,1-2H3;(H,3,4)(H,5,6). The highest BCUT2D eigenvalue weighted by Crippen LogP contribution is 2.16. The molecule has 0 aliphatic heterocycles. The molecule has 0 aliphatic carbocycles.